The molecule has 0 saturated heterocycles. The van der Waals surface area contributed by atoms with E-state index in [2.05, 4.69) is 41.5 Å². The van der Waals surface area contributed by atoms with Crippen LogP contribution in [0.1, 0.15) is 27.1 Å². The average molecular weight is 232 g/mol. The van der Waals surface area contributed by atoms with Gasteiger partial charge in [-0.2, -0.15) is 0 Å². The standard InChI is InChI=1S/C13H16N2S/c1-9-4-6-11(7-5-9)13(14-3)12-8-15-10(2)16-12/h4-8,13-14H,1-3H3. The van der Waals surface area contributed by atoms with Crippen LogP contribution in [0.3, 0.4) is 0 Å². The molecule has 0 aliphatic heterocycles. The second kappa shape index (κ2) is 4.76. The van der Waals surface area contributed by atoms with Gasteiger partial charge in [0.1, 0.15) is 0 Å². The molecule has 0 aliphatic carbocycles. The Balaban J connectivity index is 2.32. The fraction of sp³-hybridized carbons (Fsp3) is 0.308. The fourth-order valence-electron chi connectivity index (χ4n) is 1.74. The van der Waals surface area contributed by atoms with Crippen molar-refractivity contribution in [3.05, 3.63) is 51.5 Å². The molecule has 1 aromatic carbocycles. The lowest BCUT2D eigenvalue weighted by molar-refractivity contribution is 0.702. The Bertz CT molecular complexity index is 459. The molecule has 0 bridgehead atoms. The number of benzene rings is 1. The Morgan fingerprint density at radius 3 is 2.38 bits per heavy atom. The topological polar surface area (TPSA) is 24.9 Å². The Hall–Kier alpha value is -1.19. The molecule has 1 heterocycles. The highest BCUT2D eigenvalue weighted by atomic mass is 32.1. The van der Waals surface area contributed by atoms with Crippen LogP contribution in [0.2, 0.25) is 0 Å². The maximum atomic E-state index is 4.31. The van der Waals surface area contributed by atoms with Crippen molar-refractivity contribution in [2.24, 2.45) is 0 Å². The molecule has 1 N–H and O–H groups in total. The summed E-state index contributed by atoms with van der Waals surface area (Å²) in [7, 11) is 1.99. The molecule has 2 aromatic rings. The zero-order chi connectivity index (χ0) is 11.5. The number of rotatable bonds is 3. The van der Waals surface area contributed by atoms with E-state index in [0.29, 0.717) is 0 Å². The second-order valence-electron chi connectivity index (χ2n) is 3.91. The lowest BCUT2D eigenvalue weighted by Crippen LogP contribution is -2.16. The van der Waals surface area contributed by atoms with E-state index < -0.39 is 0 Å². The van der Waals surface area contributed by atoms with Crippen LogP contribution in [-0.2, 0) is 0 Å². The molecule has 2 nitrogen and oxygen atoms in total. The molecule has 0 saturated carbocycles. The molecule has 1 aromatic heterocycles. The van der Waals surface area contributed by atoms with Crippen LogP contribution < -0.4 is 5.32 Å². The Kier molecular flexibility index (Phi) is 3.36. The molecule has 0 spiro atoms. The van der Waals surface area contributed by atoms with Crippen molar-refractivity contribution in [3.8, 4) is 0 Å². The van der Waals surface area contributed by atoms with Gasteiger partial charge in [0.05, 0.1) is 11.0 Å². The van der Waals surface area contributed by atoms with Gasteiger partial charge >= 0.3 is 0 Å². The summed E-state index contributed by atoms with van der Waals surface area (Å²) in [4.78, 5) is 5.57. The lowest BCUT2D eigenvalue weighted by atomic mass is 10.0. The minimum atomic E-state index is 0.256. The second-order valence-corrected chi connectivity index (χ2v) is 5.18. The van der Waals surface area contributed by atoms with Crippen LogP contribution in [0.5, 0.6) is 0 Å². The van der Waals surface area contributed by atoms with Crippen molar-refractivity contribution in [1.82, 2.24) is 10.3 Å². The van der Waals surface area contributed by atoms with Gasteiger partial charge in [-0.1, -0.05) is 29.8 Å². The molecular formula is C13H16N2S. The minimum absolute atomic E-state index is 0.256. The van der Waals surface area contributed by atoms with Crippen LogP contribution in [0.25, 0.3) is 0 Å². The summed E-state index contributed by atoms with van der Waals surface area (Å²) in [6.07, 6.45) is 1.96. The molecule has 0 aliphatic rings. The van der Waals surface area contributed by atoms with E-state index in [1.807, 2.05) is 20.2 Å². The molecule has 1 atom stereocenters. The van der Waals surface area contributed by atoms with Gasteiger partial charge in [-0.3, -0.25) is 0 Å². The van der Waals surface area contributed by atoms with Gasteiger partial charge in [0.15, 0.2) is 0 Å². The first-order valence-corrected chi connectivity index (χ1v) is 6.18. The van der Waals surface area contributed by atoms with Crippen molar-refractivity contribution in [2.75, 3.05) is 7.05 Å². The highest BCUT2D eigenvalue weighted by Gasteiger charge is 2.13. The quantitative estimate of drug-likeness (QED) is 0.879. The van der Waals surface area contributed by atoms with Crippen LogP contribution in [0.15, 0.2) is 30.5 Å². The van der Waals surface area contributed by atoms with E-state index in [1.165, 1.54) is 16.0 Å². The van der Waals surface area contributed by atoms with Crippen molar-refractivity contribution in [1.29, 1.82) is 0 Å². The van der Waals surface area contributed by atoms with Gasteiger partial charge in [0, 0.05) is 11.1 Å². The number of nitrogens with zero attached hydrogens (tertiary/aromatic N) is 1. The molecule has 2 rings (SSSR count). The van der Waals surface area contributed by atoms with Gasteiger partial charge in [-0.25, -0.2) is 4.98 Å². The molecule has 16 heavy (non-hydrogen) atoms. The van der Waals surface area contributed by atoms with E-state index in [4.69, 9.17) is 0 Å². The summed E-state index contributed by atoms with van der Waals surface area (Å²) in [6.45, 7) is 4.14. The zero-order valence-electron chi connectivity index (χ0n) is 9.82. The molecule has 0 fully saturated rings. The van der Waals surface area contributed by atoms with E-state index in [-0.39, 0.29) is 6.04 Å². The monoisotopic (exact) mass is 232 g/mol. The summed E-state index contributed by atoms with van der Waals surface area (Å²) in [6, 6.07) is 8.89. The van der Waals surface area contributed by atoms with E-state index in [0.717, 1.165) is 5.01 Å². The van der Waals surface area contributed by atoms with Crippen LogP contribution in [0, 0.1) is 13.8 Å². The maximum absolute atomic E-state index is 4.31. The van der Waals surface area contributed by atoms with Gasteiger partial charge in [-0.15, -0.1) is 11.3 Å². The summed E-state index contributed by atoms with van der Waals surface area (Å²) in [5.74, 6) is 0. The molecule has 84 valence electrons. The third kappa shape index (κ3) is 2.31. The number of nitrogens with one attached hydrogen (secondary N) is 1. The Morgan fingerprint density at radius 2 is 1.88 bits per heavy atom. The average Bonchev–Trinajstić information content (AvgIpc) is 2.69. The first kappa shape index (κ1) is 11.3. The normalized spacial score (nSPS) is 12.7. The first-order chi connectivity index (χ1) is 7.70. The van der Waals surface area contributed by atoms with E-state index >= 15 is 0 Å². The zero-order valence-corrected chi connectivity index (χ0v) is 10.6. The fourth-order valence-corrected chi connectivity index (χ4v) is 2.67. The van der Waals surface area contributed by atoms with Gasteiger partial charge in [0.25, 0.3) is 0 Å². The summed E-state index contributed by atoms with van der Waals surface area (Å²) >= 11 is 1.75. The molecule has 3 heteroatoms. The summed E-state index contributed by atoms with van der Waals surface area (Å²) in [5, 5.41) is 4.45. The lowest BCUT2D eigenvalue weighted by Gasteiger charge is -2.14. The Morgan fingerprint density at radius 1 is 1.19 bits per heavy atom. The Labute approximate surface area is 100 Å². The van der Waals surface area contributed by atoms with Gasteiger partial charge in [-0.05, 0) is 26.5 Å². The van der Waals surface area contributed by atoms with Crippen molar-refractivity contribution >= 4 is 11.3 Å². The molecule has 0 amide bonds. The number of aryl methyl sites for hydroxylation is 2. The van der Waals surface area contributed by atoms with E-state index in [9.17, 15) is 0 Å². The number of thiazole rings is 1. The highest BCUT2D eigenvalue weighted by molar-refractivity contribution is 7.11. The van der Waals surface area contributed by atoms with Crippen molar-refractivity contribution in [3.63, 3.8) is 0 Å². The summed E-state index contributed by atoms with van der Waals surface area (Å²) < 4.78 is 0. The number of hydrogen-bond acceptors (Lipinski definition) is 3. The third-order valence-electron chi connectivity index (χ3n) is 2.62. The predicted molar refractivity (Wildman–Crippen MR) is 68.9 cm³/mol. The maximum Gasteiger partial charge on any atom is 0.0897 e. The largest absolute Gasteiger partial charge is 0.309 e. The molecule has 1 unspecified atom stereocenters. The summed E-state index contributed by atoms with van der Waals surface area (Å²) in [5.41, 5.74) is 2.58. The van der Waals surface area contributed by atoms with Crippen LogP contribution >= 0.6 is 11.3 Å². The molecule has 0 radical (unpaired) electrons. The third-order valence-corrected chi connectivity index (χ3v) is 3.60. The van der Waals surface area contributed by atoms with Crippen molar-refractivity contribution in [2.45, 2.75) is 19.9 Å². The number of aromatic nitrogens is 1. The van der Waals surface area contributed by atoms with Gasteiger partial charge < -0.3 is 5.32 Å². The van der Waals surface area contributed by atoms with Crippen LogP contribution in [0.4, 0.5) is 0 Å². The minimum Gasteiger partial charge on any atom is -0.309 e. The number of hydrogen-bond donors (Lipinski definition) is 1. The van der Waals surface area contributed by atoms with Crippen LogP contribution in [-0.4, -0.2) is 12.0 Å². The first-order valence-electron chi connectivity index (χ1n) is 5.37. The molecular weight excluding hydrogens is 216 g/mol. The SMILES string of the molecule is CNC(c1ccc(C)cc1)c1cnc(C)s1. The highest BCUT2D eigenvalue weighted by Crippen LogP contribution is 2.26. The van der Waals surface area contributed by atoms with E-state index in [1.54, 1.807) is 11.3 Å². The smallest absolute Gasteiger partial charge is 0.0897 e. The van der Waals surface area contributed by atoms with Gasteiger partial charge in [0.2, 0.25) is 0 Å². The predicted octanol–water partition coefficient (Wildman–Crippen LogP) is 3.07. The van der Waals surface area contributed by atoms with Crippen molar-refractivity contribution < 1.29 is 0 Å².